The van der Waals surface area contributed by atoms with Gasteiger partial charge in [-0.25, -0.2) is 4.98 Å². The Bertz CT molecular complexity index is 972. The Morgan fingerprint density at radius 2 is 2.28 bits per heavy atom. The van der Waals surface area contributed by atoms with Gasteiger partial charge >= 0.3 is 0 Å². The molecule has 1 aliphatic rings. The fourth-order valence-electron chi connectivity index (χ4n) is 3.72. The number of carbonyl (C=O) groups excluding carboxylic acids is 1. The number of morpholine rings is 1. The SMILES string of the molecule is CCN(CC)CCCNC(=O)c1ccc2c(c1)sc1nc(C3CNCCO3)cn12. The second-order valence-corrected chi connectivity index (χ2v) is 8.31. The summed E-state index contributed by atoms with van der Waals surface area (Å²) in [5, 5.41) is 6.38. The maximum absolute atomic E-state index is 12.5. The number of rotatable bonds is 8. The van der Waals surface area contributed by atoms with Gasteiger partial charge in [0.25, 0.3) is 5.91 Å². The summed E-state index contributed by atoms with van der Waals surface area (Å²) in [6, 6.07) is 5.87. The molecule has 1 fully saturated rings. The van der Waals surface area contributed by atoms with E-state index < -0.39 is 0 Å². The van der Waals surface area contributed by atoms with Gasteiger partial charge < -0.3 is 20.3 Å². The van der Waals surface area contributed by atoms with Crippen LogP contribution in [0, 0.1) is 0 Å². The second kappa shape index (κ2) is 9.21. The molecule has 29 heavy (non-hydrogen) atoms. The minimum absolute atomic E-state index is 0.00675. The van der Waals surface area contributed by atoms with E-state index in [1.165, 1.54) is 0 Å². The average Bonchev–Trinajstić information content (AvgIpc) is 3.32. The van der Waals surface area contributed by atoms with Gasteiger partial charge in [0.2, 0.25) is 0 Å². The van der Waals surface area contributed by atoms with E-state index in [1.807, 2.05) is 18.2 Å². The molecule has 1 unspecified atom stereocenters. The zero-order valence-electron chi connectivity index (χ0n) is 17.1. The van der Waals surface area contributed by atoms with E-state index in [2.05, 4.69) is 40.0 Å². The van der Waals surface area contributed by atoms with Crippen molar-refractivity contribution in [3.05, 3.63) is 35.7 Å². The fraction of sp³-hybridized carbons (Fsp3) is 0.524. The van der Waals surface area contributed by atoms with Gasteiger partial charge in [-0.2, -0.15) is 0 Å². The van der Waals surface area contributed by atoms with Crippen molar-refractivity contribution in [1.29, 1.82) is 0 Å². The van der Waals surface area contributed by atoms with Crippen LogP contribution in [0.1, 0.15) is 42.4 Å². The van der Waals surface area contributed by atoms with Crippen LogP contribution in [0.4, 0.5) is 0 Å². The Balaban J connectivity index is 1.43. The lowest BCUT2D eigenvalue weighted by Gasteiger charge is -2.21. The number of nitrogens with one attached hydrogen (secondary N) is 2. The zero-order valence-corrected chi connectivity index (χ0v) is 17.9. The number of thiazole rings is 1. The number of ether oxygens (including phenoxy) is 1. The third-order valence-electron chi connectivity index (χ3n) is 5.46. The molecule has 7 nitrogen and oxygen atoms in total. The van der Waals surface area contributed by atoms with Crippen LogP contribution in [0.15, 0.2) is 24.4 Å². The van der Waals surface area contributed by atoms with E-state index in [-0.39, 0.29) is 12.0 Å². The summed E-state index contributed by atoms with van der Waals surface area (Å²) in [7, 11) is 0. The topological polar surface area (TPSA) is 70.9 Å². The van der Waals surface area contributed by atoms with Crippen molar-refractivity contribution >= 4 is 32.4 Å². The molecule has 2 N–H and O–H groups in total. The lowest BCUT2D eigenvalue weighted by atomic mass is 10.2. The molecule has 4 rings (SSSR count). The van der Waals surface area contributed by atoms with Crippen LogP contribution in [0.5, 0.6) is 0 Å². The molecule has 156 valence electrons. The highest BCUT2D eigenvalue weighted by Crippen LogP contribution is 2.29. The second-order valence-electron chi connectivity index (χ2n) is 7.30. The zero-order chi connectivity index (χ0) is 20.2. The normalized spacial score (nSPS) is 17.4. The Hall–Kier alpha value is -2.00. The molecule has 0 radical (unpaired) electrons. The van der Waals surface area contributed by atoms with Gasteiger partial charge in [-0.05, 0) is 44.3 Å². The molecule has 8 heteroatoms. The lowest BCUT2D eigenvalue weighted by Crippen LogP contribution is -2.33. The molecule has 2 aromatic heterocycles. The number of aromatic nitrogens is 2. The van der Waals surface area contributed by atoms with Crippen molar-refractivity contribution < 1.29 is 9.53 Å². The maximum atomic E-state index is 12.5. The first kappa shape index (κ1) is 20.3. The summed E-state index contributed by atoms with van der Waals surface area (Å²) in [6.07, 6.45) is 3.02. The molecule has 0 spiro atoms. The molecule has 1 amide bonds. The van der Waals surface area contributed by atoms with Crippen LogP contribution >= 0.6 is 11.3 Å². The smallest absolute Gasteiger partial charge is 0.251 e. The van der Waals surface area contributed by atoms with Gasteiger partial charge in [0.1, 0.15) is 6.10 Å². The number of nitrogens with zero attached hydrogens (tertiary/aromatic N) is 3. The summed E-state index contributed by atoms with van der Waals surface area (Å²) in [6.45, 7) is 10.5. The number of hydrogen-bond donors (Lipinski definition) is 2. The van der Waals surface area contributed by atoms with Crippen LogP contribution in [0.3, 0.4) is 0 Å². The Kier molecular flexibility index (Phi) is 6.44. The highest BCUT2D eigenvalue weighted by atomic mass is 32.1. The minimum Gasteiger partial charge on any atom is -0.369 e. The van der Waals surface area contributed by atoms with Crippen molar-refractivity contribution in [2.75, 3.05) is 45.9 Å². The number of benzene rings is 1. The highest BCUT2D eigenvalue weighted by Gasteiger charge is 2.20. The van der Waals surface area contributed by atoms with Crippen molar-refractivity contribution in [3.63, 3.8) is 0 Å². The maximum Gasteiger partial charge on any atom is 0.251 e. The predicted molar refractivity (Wildman–Crippen MR) is 117 cm³/mol. The van der Waals surface area contributed by atoms with Crippen LogP contribution in [-0.2, 0) is 4.74 Å². The molecule has 3 heterocycles. The van der Waals surface area contributed by atoms with Gasteiger partial charge in [-0.15, -0.1) is 0 Å². The number of fused-ring (bicyclic) bond motifs is 3. The number of amides is 1. The largest absolute Gasteiger partial charge is 0.369 e. The average molecular weight is 416 g/mol. The highest BCUT2D eigenvalue weighted by molar-refractivity contribution is 7.23. The van der Waals surface area contributed by atoms with E-state index >= 15 is 0 Å². The van der Waals surface area contributed by atoms with Crippen LogP contribution in [-0.4, -0.2) is 66.1 Å². The molecule has 0 bridgehead atoms. The monoisotopic (exact) mass is 415 g/mol. The summed E-state index contributed by atoms with van der Waals surface area (Å²) in [4.78, 5) is 20.6. The molecule has 3 aromatic rings. The van der Waals surface area contributed by atoms with E-state index in [1.54, 1.807) is 11.3 Å². The molecule has 1 aromatic carbocycles. The standard InChI is InChI=1S/C21H29N5O2S/c1-3-25(4-2)10-5-8-23-20(27)15-6-7-17-19(12-15)29-21-24-16(14-26(17)21)18-13-22-9-11-28-18/h6-7,12,14,18,22H,3-5,8-11,13H2,1-2H3,(H,23,27). The van der Waals surface area contributed by atoms with Crippen LogP contribution in [0.25, 0.3) is 15.2 Å². The van der Waals surface area contributed by atoms with Crippen molar-refractivity contribution in [2.24, 2.45) is 0 Å². The number of hydrogen-bond acceptors (Lipinski definition) is 6. The Morgan fingerprint density at radius 3 is 3.03 bits per heavy atom. The fourth-order valence-corrected chi connectivity index (χ4v) is 4.77. The van der Waals surface area contributed by atoms with Crippen LogP contribution < -0.4 is 10.6 Å². The first-order chi connectivity index (χ1) is 14.2. The summed E-state index contributed by atoms with van der Waals surface area (Å²) < 4.78 is 8.98. The summed E-state index contributed by atoms with van der Waals surface area (Å²) >= 11 is 1.61. The Labute approximate surface area is 175 Å². The third kappa shape index (κ3) is 4.45. The third-order valence-corrected chi connectivity index (χ3v) is 6.48. The van der Waals surface area contributed by atoms with Crippen LogP contribution in [0.2, 0.25) is 0 Å². The van der Waals surface area contributed by atoms with E-state index in [4.69, 9.17) is 9.72 Å². The number of imidazole rings is 1. The quantitative estimate of drug-likeness (QED) is 0.554. The molecule has 1 atom stereocenters. The van der Waals surface area contributed by atoms with Crippen molar-refractivity contribution in [2.45, 2.75) is 26.4 Å². The van der Waals surface area contributed by atoms with Gasteiger partial charge in [0, 0.05) is 31.4 Å². The number of carbonyl (C=O) groups is 1. The summed E-state index contributed by atoms with van der Waals surface area (Å²) in [5.41, 5.74) is 2.73. The van der Waals surface area contributed by atoms with E-state index in [9.17, 15) is 4.79 Å². The molecule has 0 aliphatic carbocycles. The minimum atomic E-state index is -0.0140. The first-order valence-corrected chi connectivity index (χ1v) is 11.3. The van der Waals surface area contributed by atoms with Crippen molar-refractivity contribution in [1.82, 2.24) is 24.9 Å². The van der Waals surface area contributed by atoms with Crippen molar-refractivity contribution in [3.8, 4) is 0 Å². The van der Waals surface area contributed by atoms with Gasteiger partial charge in [-0.3, -0.25) is 9.20 Å². The van der Waals surface area contributed by atoms with E-state index in [0.717, 1.165) is 60.0 Å². The first-order valence-electron chi connectivity index (χ1n) is 10.4. The molecular formula is C21H29N5O2S. The van der Waals surface area contributed by atoms with Gasteiger partial charge in [0.15, 0.2) is 4.96 Å². The summed E-state index contributed by atoms with van der Waals surface area (Å²) in [5.74, 6) is -0.0140. The molecular weight excluding hydrogens is 386 g/mol. The Morgan fingerprint density at radius 1 is 1.41 bits per heavy atom. The van der Waals surface area contributed by atoms with E-state index in [0.29, 0.717) is 18.7 Å². The molecule has 1 saturated heterocycles. The van der Waals surface area contributed by atoms with Gasteiger partial charge in [0.05, 0.1) is 22.5 Å². The molecule has 0 saturated carbocycles. The predicted octanol–water partition coefficient (Wildman–Crippen LogP) is 2.67. The lowest BCUT2D eigenvalue weighted by molar-refractivity contribution is 0.0253. The molecule has 1 aliphatic heterocycles. The van der Waals surface area contributed by atoms with Gasteiger partial charge in [-0.1, -0.05) is 25.2 Å².